The van der Waals surface area contributed by atoms with Crippen molar-refractivity contribution >= 4 is 5.69 Å². The fourth-order valence-corrected chi connectivity index (χ4v) is 2.94. The largest absolute Gasteiger partial charge is 0.369 e. The molecule has 0 saturated heterocycles. The van der Waals surface area contributed by atoms with E-state index in [-0.39, 0.29) is 0 Å². The van der Waals surface area contributed by atoms with Crippen LogP contribution in [-0.4, -0.2) is 18.6 Å². The number of benzene rings is 1. The van der Waals surface area contributed by atoms with Crippen LogP contribution >= 0.6 is 0 Å². The molecule has 2 rings (SSSR count). The summed E-state index contributed by atoms with van der Waals surface area (Å²) in [5.74, 6) is 0. The van der Waals surface area contributed by atoms with Crippen molar-refractivity contribution in [2.45, 2.75) is 51.6 Å². The van der Waals surface area contributed by atoms with Gasteiger partial charge in [0.05, 0.1) is 0 Å². The lowest BCUT2D eigenvalue weighted by atomic mass is 9.90. The van der Waals surface area contributed by atoms with Gasteiger partial charge in [-0.3, -0.25) is 0 Å². The van der Waals surface area contributed by atoms with Gasteiger partial charge in [-0.25, -0.2) is 0 Å². The Kier molecular flexibility index (Phi) is 4.06. The second-order valence-corrected chi connectivity index (χ2v) is 5.21. The monoisotopic (exact) mass is 232 g/mol. The minimum absolute atomic E-state index is 0.396. The second kappa shape index (κ2) is 5.54. The minimum Gasteiger partial charge on any atom is -0.369 e. The number of nitrogens with zero attached hydrogens (tertiary/aromatic N) is 1. The zero-order valence-corrected chi connectivity index (χ0v) is 11.0. The molecule has 1 aliphatic rings. The fraction of sp³-hybridized carbons (Fsp3) is 0.600. The Bertz CT molecular complexity index is 362. The maximum Gasteiger partial charge on any atom is 0.0371 e. The van der Waals surface area contributed by atoms with Crippen LogP contribution in [-0.2, 0) is 0 Å². The zero-order chi connectivity index (χ0) is 12.3. The second-order valence-electron chi connectivity index (χ2n) is 5.21. The third-order valence-corrected chi connectivity index (χ3v) is 3.80. The lowest BCUT2D eigenvalue weighted by Crippen LogP contribution is -2.42. The van der Waals surface area contributed by atoms with Crippen molar-refractivity contribution < 1.29 is 0 Å². The van der Waals surface area contributed by atoms with Gasteiger partial charge in [0.15, 0.2) is 0 Å². The van der Waals surface area contributed by atoms with Crippen LogP contribution in [0, 0.1) is 6.92 Å². The highest BCUT2D eigenvalue weighted by Gasteiger charge is 2.24. The highest BCUT2D eigenvalue weighted by atomic mass is 15.2. The normalized spacial score (nSPS) is 24.6. The molecule has 94 valence electrons. The topological polar surface area (TPSA) is 29.3 Å². The van der Waals surface area contributed by atoms with E-state index in [2.05, 4.69) is 43.0 Å². The van der Waals surface area contributed by atoms with Crippen LogP contribution in [0.3, 0.4) is 0 Å². The number of anilines is 1. The van der Waals surface area contributed by atoms with Crippen LogP contribution in [0.15, 0.2) is 24.3 Å². The lowest BCUT2D eigenvalue weighted by molar-refractivity contribution is 0.375. The predicted molar refractivity (Wildman–Crippen MR) is 74.4 cm³/mol. The van der Waals surface area contributed by atoms with Gasteiger partial charge in [-0.2, -0.15) is 0 Å². The molecule has 0 spiro atoms. The van der Waals surface area contributed by atoms with E-state index in [1.165, 1.54) is 30.5 Å². The molecule has 1 saturated carbocycles. The average molecular weight is 232 g/mol. The van der Waals surface area contributed by atoms with Gasteiger partial charge >= 0.3 is 0 Å². The van der Waals surface area contributed by atoms with E-state index >= 15 is 0 Å². The number of hydrogen-bond donors (Lipinski definition) is 1. The molecule has 0 aliphatic heterocycles. The molecule has 1 fully saturated rings. The molecule has 2 heteroatoms. The van der Waals surface area contributed by atoms with Crippen molar-refractivity contribution in [1.29, 1.82) is 0 Å². The molecule has 2 nitrogen and oxygen atoms in total. The van der Waals surface area contributed by atoms with Crippen LogP contribution < -0.4 is 10.6 Å². The molecule has 1 aromatic rings. The molecule has 2 atom stereocenters. The molecule has 2 N–H and O–H groups in total. The maximum absolute atomic E-state index is 6.10. The van der Waals surface area contributed by atoms with Crippen molar-refractivity contribution in [2.75, 3.05) is 11.4 Å². The molecule has 2 unspecified atom stereocenters. The molecule has 1 aromatic carbocycles. The molecular formula is C15H24N2. The summed E-state index contributed by atoms with van der Waals surface area (Å²) >= 11 is 0. The van der Waals surface area contributed by atoms with E-state index in [4.69, 9.17) is 5.73 Å². The average Bonchev–Trinajstić information content (AvgIpc) is 2.30. The predicted octanol–water partition coefficient (Wildman–Crippen LogP) is 3.09. The Morgan fingerprint density at radius 2 is 2.18 bits per heavy atom. The van der Waals surface area contributed by atoms with E-state index in [0.717, 1.165) is 13.0 Å². The Labute approximate surface area is 105 Å². The third kappa shape index (κ3) is 3.01. The highest BCUT2D eigenvalue weighted by molar-refractivity contribution is 5.49. The quantitative estimate of drug-likeness (QED) is 0.867. The zero-order valence-electron chi connectivity index (χ0n) is 11.0. The summed E-state index contributed by atoms with van der Waals surface area (Å²) in [7, 11) is 0. The van der Waals surface area contributed by atoms with Crippen molar-refractivity contribution in [3.63, 3.8) is 0 Å². The first-order valence-corrected chi connectivity index (χ1v) is 6.79. The van der Waals surface area contributed by atoms with Gasteiger partial charge in [-0.15, -0.1) is 0 Å². The van der Waals surface area contributed by atoms with Crippen LogP contribution in [0.2, 0.25) is 0 Å². The Hall–Kier alpha value is -1.02. The van der Waals surface area contributed by atoms with Crippen molar-refractivity contribution in [2.24, 2.45) is 5.73 Å². The Morgan fingerprint density at radius 3 is 2.82 bits per heavy atom. The van der Waals surface area contributed by atoms with E-state index in [0.29, 0.717) is 12.1 Å². The van der Waals surface area contributed by atoms with Crippen molar-refractivity contribution in [3.05, 3.63) is 29.8 Å². The van der Waals surface area contributed by atoms with Gasteiger partial charge in [-0.1, -0.05) is 12.1 Å². The number of rotatable bonds is 3. The Balaban J connectivity index is 2.15. The molecule has 0 heterocycles. The molecule has 17 heavy (non-hydrogen) atoms. The first kappa shape index (κ1) is 12.4. The number of hydrogen-bond acceptors (Lipinski definition) is 2. The van der Waals surface area contributed by atoms with E-state index in [1.807, 2.05) is 0 Å². The minimum atomic E-state index is 0.396. The molecule has 0 radical (unpaired) electrons. The first-order chi connectivity index (χ1) is 8.20. The lowest BCUT2D eigenvalue weighted by Gasteiger charge is -2.37. The SMILES string of the molecule is CCN(c1cccc(C)c1)C1CCCC(N)C1. The number of aryl methyl sites for hydroxylation is 1. The highest BCUT2D eigenvalue weighted by Crippen LogP contribution is 2.27. The summed E-state index contributed by atoms with van der Waals surface area (Å²) in [5, 5.41) is 0. The smallest absolute Gasteiger partial charge is 0.0371 e. The standard InChI is InChI=1S/C15H24N2/c1-3-17(14-8-4-6-12(2)10-14)15-9-5-7-13(16)11-15/h4,6,8,10,13,15H,3,5,7,9,11,16H2,1-2H3. The molecule has 0 bridgehead atoms. The van der Waals surface area contributed by atoms with Gasteiger partial charge in [-0.05, 0) is 57.2 Å². The Morgan fingerprint density at radius 1 is 1.35 bits per heavy atom. The van der Waals surface area contributed by atoms with Gasteiger partial charge in [0.25, 0.3) is 0 Å². The number of nitrogens with two attached hydrogens (primary N) is 1. The molecular weight excluding hydrogens is 208 g/mol. The van der Waals surface area contributed by atoms with E-state index in [9.17, 15) is 0 Å². The fourth-order valence-electron chi connectivity index (χ4n) is 2.94. The van der Waals surface area contributed by atoms with E-state index < -0.39 is 0 Å². The summed E-state index contributed by atoms with van der Waals surface area (Å²) in [6.07, 6.45) is 4.90. The maximum atomic E-state index is 6.10. The van der Waals surface area contributed by atoms with Crippen LogP contribution in [0.4, 0.5) is 5.69 Å². The summed E-state index contributed by atoms with van der Waals surface area (Å²) in [6.45, 7) is 5.47. The third-order valence-electron chi connectivity index (χ3n) is 3.80. The van der Waals surface area contributed by atoms with Crippen LogP contribution in [0.25, 0.3) is 0 Å². The van der Waals surface area contributed by atoms with Gasteiger partial charge < -0.3 is 10.6 Å². The van der Waals surface area contributed by atoms with Gasteiger partial charge in [0.2, 0.25) is 0 Å². The van der Waals surface area contributed by atoms with Gasteiger partial charge in [0, 0.05) is 24.3 Å². The van der Waals surface area contributed by atoms with Crippen molar-refractivity contribution in [3.8, 4) is 0 Å². The molecule has 0 amide bonds. The summed E-state index contributed by atoms with van der Waals surface area (Å²) in [6, 6.07) is 9.83. The van der Waals surface area contributed by atoms with Crippen LogP contribution in [0.5, 0.6) is 0 Å². The summed E-state index contributed by atoms with van der Waals surface area (Å²) in [5.41, 5.74) is 8.79. The first-order valence-electron chi connectivity index (χ1n) is 6.79. The van der Waals surface area contributed by atoms with E-state index in [1.54, 1.807) is 0 Å². The van der Waals surface area contributed by atoms with Crippen molar-refractivity contribution in [1.82, 2.24) is 0 Å². The molecule has 1 aliphatic carbocycles. The molecule has 0 aromatic heterocycles. The van der Waals surface area contributed by atoms with Crippen LogP contribution in [0.1, 0.15) is 38.2 Å². The van der Waals surface area contributed by atoms with Gasteiger partial charge in [0.1, 0.15) is 0 Å². The summed E-state index contributed by atoms with van der Waals surface area (Å²) in [4.78, 5) is 2.52. The summed E-state index contributed by atoms with van der Waals surface area (Å²) < 4.78 is 0.